The molecule has 0 spiro atoms. The number of rotatable bonds is 9. The van der Waals surface area contributed by atoms with Crippen molar-refractivity contribution >= 4 is 24.1 Å². The molecule has 0 bridgehead atoms. The first-order valence-electron chi connectivity index (χ1n) is 9.93. The molecule has 0 radical (unpaired) electrons. The summed E-state index contributed by atoms with van der Waals surface area (Å²) in [4.78, 5) is 24.2. The van der Waals surface area contributed by atoms with Crippen LogP contribution in [0, 0.1) is 22.7 Å². The van der Waals surface area contributed by atoms with Gasteiger partial charge in [0, 0.05) is 0 Å². The van der Waals surface area contributed by atoms with Crippen LogP contribution in [-0.4, -0.2) is 39.9 Å². The van der Waals surface area contributed by atoms with E-state index in [1.165, 1.54) is 51.7 Å². The lowest BCUT2D eigenvalue weighted by Gasteiger charge is -2.11. The van der Waals surface area contributed by atoms with Gasteiger partial charge in [0.2, 0.25) is 0 Å². The van der Waals surface area contributed by atoms with Gasteiger partial charge in [-0.05, 0) is 54.5 Å². The van der Waals surface area contributed by atoms with Gasteiger partial charge in [0.25, 0.3) is 0 Å². The maximum Gasteiger partial charge on any atom is 0.354 e. The Morgan fingerprint density at radius 3 is 1.76 bits per heavy atom. The Bertz CT molecular complexity index is 1220. The van der Waals surface area contributed by atoms with E-state index in [0.29, 0.717) is 29.2 Å². The van der Waals surface area contributed by atoms with Crippen molar-refractivity contribution in [2.75, 3.05) is 27.9 Å². The topological polar surface area (TPSA) is 128 Å². The predicted molar refractivity (Wildman–Crippen MR) is 122 cm³/mol. The zero-order chi connectivity index (χ0) is 25.1. The lowest BCUT2D eigenvalue weighted by Crippen LogP contribution is -2.11. The molecule has 0 amide bonds. The number of esters is 2. The first kappa shape index (κ1) is 25.5. The van der Waals surface area contributed by atoms with Gasteiger partial charge in [0.15, 0.2) is 23.0 Å². The Morgan fingerprint density at radius 2 is 1.29 bits per heavy atom. The van der Waals surface area contributed by atoms with Crippen LogP contribution in [0.2, 0.25) is 0 Å². The van der Waals surface area contributed by atoms with Gasteiger partial charge in [0.1, 0.15) is 23.3 Å². The van der Waals surface area contributed by atoms with Crippen molar-refractivity contribution in [3.8, 4) is 35.1 Å². The van der Waals surface area contributed by atoms with Gasteiger partial charge < -0.3 is 23.7 Å². The summed E-state index contributed by atoms with van der Waals surface area (Å²) in [6, 6.07) is 13.0. The highest BCUT2D eigenvalue weighted by molar-refractivity contribution is 5.99. The second kappa shape index (κ2) is 12.3. The van der Waals surface area contributed by atoms with Gasteiger partial charge >= 0.3 is 11.9 Å². The summed E-state index contributed by atoms with van der Waals surface area (Å²) in [7, 11) is 4.01. The Morgan fingerprint density at radius 1 is 0.794 bits per heavy atom. The van der Waals surface area contributed by atoms with Crippen LogP contribution in [0.3, 0.4) is 0 Å². The van der Waals surface area contributed by atoms with Crippen molar-refractivity contribution < 1.29 is 33.3 Å². The molecule has 2 aromatic carbocycles. The molecule has 2 aromatic rings. The molecule has 9 nitrogen and oxygen atoms in total. The van der Waals surface area contributed by atoms with Crippen LogP contribution in [0.25, 0.3) is 12.2 Å². The van der Waals surface area contributed by atoms with Crippen molar-refractivity contribution in [3.63, 3.8) is 0 Å². The summed E-state index contributed by atoms with van der Waals surface area (Å²) in [5.74, 6) is -0.490. The molecule has 0 aliphatic carbocycles. The molecule has 0 heterocycles. The van der Waals surface area contributed by atoms with E-state index in [9.17, 15) is 14.9 Å². The number of carbonyl (C=O) groups excluding carboxylic acids is 2. The number of hydrogen-bond acceptors (Lipinski definition) is 9. The number of ether oxygens (including phenoxy) is 5. The maximum atomic E-state index is 12.6. The van der Waals surface area contributed by atoms with E-state index < -0.39 is 11.9 Å². The normalized spacial score (nSPS) is 11.0. The van der Waals surface area contributed by atoms with E-state index in [4.69, 9.17) is 24.2 Å². The molecule has 0 N–H and O–H groups in total. The molecule has 2 rings (SSSR count). The quantitative estimate of drug-likeness (QED) is 0.237. The number of nitriles is 2. The minimum atomic E-state index is -0.899. The molecule has 0 unspecified atom stereocenters. The van der Waals surface area contributed by atoms with E-state index in [-0.39, 0.29) is 22.6 Å². The zero-order valence-electron chi connectivity index (χ0n) is 19.1. The number of methoxy groups -OCH3 is 3. The van der Waals surface area contributed by atoms with Gasteiger partial charge in [-0.2, -0.15) is 10.5 Å². The fraction of sp³-hybridized carbons (Fsp3) is 0.200. The highest BCUT2D eigenvalue weighted by Gasteiger charge is 2.17. The van der Waals surface area contributed by atoms with E-state index in [1.54, 1.807) is 24.3 Å². The van der Waals surface area contributed by atoms with Crippen molar-refractivity contribution in [2.24, 2.45) is 0 Å². The van der Waals surface area contributed by atoms with E-state index >= 15 is 0 Å². The molecule has 0 saturated heterocycles. The molecule has 0 saturated carbocycles. The fourth-order valence-corrected chi connectivity index (χ4v) is 2.78. The summed E-state index contributed by atoms with van der Waals surface area (Å²) in [6.45, 7) is 2.30. The average molecular weight is 462 g/mol. The third-order valence-corrected chi connectivity index (χ3v) is 4.37. The van der Waals surface area contributed by atoms with Crippen LogP contribution < -0.4 is 18.9 Å². The first-order chi connectivity index (χ1) is 16.4. The smallest absolute Gasteiger partial charge is 0.354 e. The van der Waals surface area contributed by atoms with E-state index in [2.05, 4.69) is 4.74 Å². The second-order valence-electron chi connectivity index (χ2n) is 6.47. The van der Waals surface area contributed by atoms with Crippen LogP contribution in [0.15, 0.2) is 47.5 Å². The lowest BCUT2D eigenvalue weighted by molar-refractivity contribution is -0.135. The molecule has 174 valence electrons. The molecule has 0 aliphatic rings. The van der Waals surface area contributed by atoms with Crippen molar-refractivity contribution in [3.05, 3.63) is 58.7 Å². The molecule has 34 heavy (non-hydrogen) atoms. The Labute approximate surface area is 197 Å². The summed E-state index contributed by atoms with van der Waals surface area (Å²) < 4.78 is 25.9. The summed E-state index contributed by atoms with van der Waals surface area (Å²) in [6.07, 6.45) is 2.67. The number of hydrogen-bond donors (Lipinski definition) is 0. The third-order valence-electron chi connectivity index (χ3n) is 4.37. The Balaban J connectivity index is 2.31. The average Bonchev–Trinajstić information content (AvgIpc) is 2.86. The van der Waals surface area contributed by atoms with Crippen LogP contribution >= 0.6 is 0 Å². The molecule has 0 aromatic heterocycles. The zero-order valence-corrected chi connectivity index (χ0v) is 19.1. The fourth-order valence-electron chi connectivity index (χ4n) is 2.78. The van der Waals surface area contributed by atoms with Crippen LogP contribution in [0.1, 0.15) is 18.1 Å². The first-order valence-corrected chi connectivity index (χ1v) is 9.93. The number of benzene rings is 2. The Hall–Kier alpha value is -4.76. The molecule has 0 atom stereocenters. The van der Waals surface area contributed by atoms with Crippen LogP contribution in [0.4, 0.5) is 0 Å². The van der Waals surface area contributed by atoms with Crippen LogP contribution in [0.5, 0.6) is 23.0 Å². The summed E-state index contributed by atoms with van der Waals surface area (Å²) in [5.41, 5.74) is 0.508. The summed E-state index contributed by atoms with van der Waals surface area (Å²) in [5, 5.41) is 18.6. The number of carbonyl (C=O) groups is 2. The molecule has 9 heteroatoms. The van der Waals surface area contributed by atoms with Gasteiger partial charge in [-0.25, -0.2) is 9.59 Å². The number of nitrogens with zero attached hydrogens (tertiary/aromatic N) is 2. The highest BCUT2D eigenvalue weighted by Crippen LogP contribution is 2.31. The van der Waals surface area contributed by atoms with Crippen molar-refractivity contribution in [1.29, 1.82) is 10.5 Å². The van der Waals surface area contributed by atoms with E-state index in [1.807, 2.05) is 13.0 Å². The predicted octanol–water partition coefficient (Wildman–Crippen LogP) is 3.70. The lowest BCUT2D eigenvalue weighted by atomic mass is 10.1. The molecular weight excluding hydrogens is 440 g/mol. The monoisotopic (exact) mass is 462 g/mol. The van der Waals surface area contributed by atoms with E-state index in [0.717, 1.165) is 0 Å². The van der Waals surface area contributed by atoms with Crippen molar-refractivity contribution in [2.45, 2.75) is 6.92 Å². The Kier molecular flexibility index (Phi) is 9.24. The van der Waals surface area contributed by atoms with Crippen molar-refractivity contribution in [1.82, 2.24) is 0 Å². The molecule has 0 aliphatic heterocycles. The second-order valence-corrected chi connectivity index (χ2v) is 6.47. The van der Waals surface area contributed by atoms with Crippen LogP contribution in [-0.2, 0) is 14.3 Å². The summed E-state index contributed by atoms with van der Waals surface area (Å²) >= 11 is 0. The van der Waals surface area contributed by atoms with Gasteiger partial charge in [-0.3, -0.25) is 0 Å². The van der Waals surface area contributed by atoms with Gasteiger partial charge in [0.05, 0.1) is 27.9 Å². The minimum absolute atomic E-state index is 0.0478. The van der Waals surface area contributed by atoms with Gasteiger partial charge in [-0.15, -0.1) is 0 Å². The maximum absolute atomic E-state index is 12.6. The largest absolute Gasteiger partial charge is 0.493 e. The third kappa shape index (κ3) is 6.38. The standard InChI is InChI=1S/C25H22N2O7/c1-5-33-20-8-6-16(12-22(20)30-2)11-19(15-27)25(29)34-21-9-7-17(13-23(21)31-3)10-18(14-26)24(28)32-4/h6-13H,5H2,1-4H3/b18-10+,19-11+. The highest BCUT2D eigenvalue weighted by atomic mass is 16.6. The molecule has 0 fully saturated rings. The minimum Gasteiger partial charge on any atom is -0.493 e. The SMILES string of the molecule is CCOc1ccc(/C=C(\C#N)C(=O)Oc2ccc(/C=C(\C#N)C(=O)OC)cc2OC)cc1OC. The van der Waals surface area contributed by atoms with Gasteiger partial charge in [-0.1, -0.05) is 12.1 Å². The molecular formula is C25H22N2O7.